The first-order valence-electron chi connectivity index (χ1n) is 9.60. The van der Waals surface area contributed by atoms with E-state index in [1.807, 2.05) is 47.2 Å². The summed E-state index contributed by atoms with van der Waals surface area (Å²) in [5.41, 5.74) is 2.91. The van der Waals surface area contributed by atoms with Crippen LogP contribution in [-0.4, -0.2) is 41.6 Å². The third kappa shape index (κ3) is 4.13. The fourth-order valence-corrected chi connectivity index (χ4v) is 3.34. The molecule has 8 heteroatoms. The predicted molar refractivity (Wildman–Crippen MR) is 116 cm³/mol. The Morgan fingerprint density at radius 2 is 1.81 bits per heavy atom. The van der Waals surface area contributed by atoms with E-state index in [1.165, 1.54) is 21.3 Å². The maximum atomic E-state index is 13.0. The zero-order chi connectivity index (χ0) is 21.8. The van der Waals surface area contributed by atoms with Gasteiger partial charge < -0.3 is 19.5 Å². The molecule has 0 saturated carbocycles. The van der Waals surface area contributed by atoms with Gasteiger partial charge in [0.2, 0.25) is 11.5 Å². The van der Waals surface area contributed by atoms with Gasteiger partial charge in [-0.2, -0.15) is 0 Å². The van der Waals surface area contributed by atoms with E-state index >= 15 is 0 Å². The van der Waals surface area contributed by atoms with Gasteiger partial charge in [-0.25, -0.2) is 9.97 Å². The lowest BCUT2D eigenvalue weighted by Crippen LogP contribution is -2.23. The van der Waals surface area contributed by atoms with E-state index in [0.717, 1.165) is 17.0 Å². The smallest absolute Gasteiger partial charge is 0.255 e. The Hall–Kier alpha value is -4.07. The Morgan fingerprint density at radius 3 is 2.48 bits per heavy atom. The summed E-state index contributed by atoms with van der Waals surface area (Å²) in [7, 11) is 4.54. The van der Waals surface area contributed by atoms with Gasteiger partial charge in [0.25, 0.3) is 5.91 Å². The Morgan fingerprint density at radius 1 is 1.06 bits per heavy atom. The second-order valence-electron chi connectivity index (χ2n) is 6.77. The van der Waals surface area contributed by atoms with E-state index < -0.39 is 0 Å². The van der Waals surface area contributed by atoms with Gasteiger partial charge in [0.15, 0.2) is 11.5 Å². The number of ether oxygens (including phenoxy) is 3. The fourth-order valence-electron chi connectivity index (χ4n) is 3.34. The molecule has 0 bridgehead atoms. The number of allylic oxidation sites excluding steroid dienone is 5. The van der Waals surface area contributed by atoms with Crippen LogP contribution in [0, 0.1) is 0 Å². The number of aromatic nitrogens is 3. The summed E-state index contributed by atoms with van der Waals surface area (Å²) in [5.74, 6) is 1.61. The van der Waals surface area contributed by atoms with E-state index in [1.54, 1.807) is 18.3 Å². The number of amides is 1. The largest absolute Gasteiger partial charge is 0.493 e. The molecule has 2 aromatic heterocycles. The highest BCUT2D eigenvalue weighted by molar-refractivity contribution is 5.97. The third-order valence-electron chi connectivity index (χ3n) is 4.85. The lowest BCUT2D eigenvalue weighted by atomic mass is 10.1. The number of hydrogen-bond acceptors (Lipinski definition) is 6. The zero-order valence-corrected chi connectivity index (χ0v) is 17.5. The normalized spacial score (nSPS) is 13.3. The summed E-state index contributed by atoms with van der Waals surface area (Å²) in [6, 6.07) is 5.09. The number of rotatable bonds is 6. The summed E-state index contributed by atoms with van der Waals surface area (Å²) in [5, 5.41) is 2.98. The van der Waals surface area contributed by atoms with Crippen LogP contribution >= 0.6 is 0 Å². The zero-order valence-electron chi connectivity index (χ0n) is 17.5. The van der Waals surface area contributed by atoms with Crippen LogP contribution in [0.25, 0.3) is 11.4 Å². The highest BCUT2D eigenvalue weighted by Gasteiger charge is 2.19. The van der Waals surface area contributed by atoms with Crippen LogP contribution in [0.4, 0.5) is 0 Å². The highest BCUT2D eigenvalue weighted by atomic mass is 16.5. The van der Waals surface area contributed by atoms with Crippen LogP contribution in [0.15, 0.2) is 66.8 Å². The van der Waals surface area contributed by atoms with Crippen LogP contribution in [0.3, 0.4) is 0 Å². The quantitative estimate of drug-likeness (QED) is 0.660. The van der Waals surface area contributed by atoms with Crippen molar-refractivity contribution in [3.05, 3.63) is 78.0 Å². The molecule has 4 rings (SSSR count). The minimum absolute atomic E-state index is 0.281. The summed E-state index contributed by atoms with van der Waals surface area (Å²) < 4.78 is 17.9. The minimum atomic E-state index is -0.281. The molecular formula is C23H22N4O4. The van der Waals surface area contributed by atoms with Crippen molar-refractivity contribution in [1.29, 1.82) is 0 Å². The van der Waals surface area contributed by atoms with Crippen LogP contribution in [0.5, 0.6) is 17.2 Å². The molecule has 8 nitrogen and oxygen atoms in total. The van der Waals surface area contributed by atoms with Gasteiger partial charge in [0.1, 0.15) is 0 Å². The van der Waals surface area contributed by atoms with Crippen molar-refractivity contribution in [3.63, 3.8) is 0 Å². The number of imidazole rings is 1. The second kappa shape index (κ2) is 8.74. The van der Waals surface area contributed by atoms with Crippen LogP contribution < -0.4 is 19.5 Å². The standard InChI is InChI=1S/C23H22N4O4/c1-29-19-12-16(13-20(30-2)21(19)31-3)22(28)25-17-8-5-4-7-15(11-17)18-14-27-10-6-9-24-23(27)26-18/h4-10,12-14H,11H2,1-3H3,(H,25,28). The molecule has 0 unspecified atom stereocenters. The monoisotopic (exact) mass is 418 g/mol. The maximum absolute atomic E-state index is 13.0. The Kier molecular flexibility index (Phi) is 5.70. The fraction of sp³-hybridized carbons (Fsp3) is 0.174. The molecule has 1 amide bonds. The first-order chi connectivity index (χ1) is 15.1. The first kappa shape index (κ1) is 20.2. The number of carbonyl (C=O) groups excluding carboxylic acids is 1. The number of methoxy groups -OCH3 is 3. The number of carbonyl (C=O) groups is 1. The first-order valence-corrected chi connectivity index (χ1v) is 9.60. The van der Waals surface area contributed by atoms with E-state index in [-0.39, 0.29) is 5.91 Å². The third-order valence-corrected chi connectivity index (χ3v) is 4.85. The van der Waals surface area contributed by atoms with Gasteiger partial charge in [0, 0.05) is 36.3 Å². The lowest BCUT2D eigenvalue weighted by Gasteiger charge is -2.15. The van der Waals surface area contributed by atoms with Gasteiger partial charge >= 0.3 is 0 Å². The molecular weight excluding hydrogens is 396 g/mol. The van der Waals surface area contributed by atoms with Crippen molar-refractivity contribution in [3.8, 4) is 17.2 Å². The molecule has 0 saturated heterocycles. The van der Waals surface area contributed by atoms with Gasteiger partial charge in [-0.15, -0.1) is 0 Å². The van der Waals surface area contributed by atoms with Crippen LogP contribution in [-0.2, 0) is 0 Å². The molecule has 1 N–H and O–H groups in total. The van der Waals surface area contributed by atoms with Gasteiger partial charge in [-0.3, -0.25) is 9.20 Å². The van der Waals surface area contributed by atoms with Crippen molar-refractivity contribution in [2.24, 2.45) is 0 Å². The van der Waals surface area contributed by atoms with E-state index in [4.69, 9.17) is 14.2 Å². The van der Waals surface area contributed by atoms with Crippen molar-refractivity contribution in [2.75, 3.05) is 21.3 Å². The Bertz CT molecular complexity index is 1170. The average Bonchev–Trinajstić information content (AvgIpc) is 3.10. The Labute approximate surface area is 179 Å². The maximum Gasteiger partial charge on any atom is 0.255 e. The Balaban J connectivity index is 1.56. The van der Waals surface area contributed by atoms with Gasteiger partial charge in [-0.05, 0) is 29.8 Å². The van der Waals surface area contributed by atoms with Crippen LogP contribution in [0.2, 0.25) is 0 Å². The summed E-state index contributed by atoms with van der Waals surface area (Å²) in [6.07, 6.45) is 13.7. The van der Waals surface area contributed by atoms with E-state index in [2.05, 4.69) is 15.3 Å². The van der Waals surface area contributed by atoms with Crippen LogP contribution in [0.1, 0.15) is 22.5 Å². The molecule has 0 radical (unpaired) electrons. The lowest BCUT2D eigenvalue weighted by molar-refractivity contribution is 0.0964. The molecule has 1 aromatic carbocycles. The molecule has 158 valence electrons. The molecule has 0 spiro atoms. The van der Waals surface area contributed by atoms with Crippen molar-refractivity contribution in [1.82, 2.24) is 19.7 Å². The second-order valence-corrected chi connectivity index (χ2v) is 6.77. The molecule has 0 atom stereocenters. The van der Waals surface area contributed by atoms with Gasteiger partial charge in [0.05, 0.1) is 27.0 Å². The summed E-state index contributed by atoms with van der Waals surface area (Å²) in [6.45, 7) is 0. The average molecular weight is 418 g/mol. The molecule has 0 aliphatic heterocycles. The number of nitrogens with zero attached hydrogens (tertiary/aromatic N) is 3. The molecule has 31 heavy (non-hydrogen) atoms. The summed E-state index contributed by atoms with van der Waals surface area (Å²) in [4.78, 5) is 21.8. The van der Waals surface area contributed by atoms with E-state index in [9.17, 15) is 4.79 Å². The minimum Gasteiger partial charge on any atom is -0.493 e. The molecule has 1 aliphatic rings. The molecule has 1 aliphatic carbocycles. The predicted octanol–water partition coefficient (Wildman–Crippen LogP) is 3.41. The van der Waals surface area contributed by atoms with Crippen molar-refractivity contribution in [2.45, 2.75) is 6.42 Å². The molecule has 2 heterocycles. The number of hydrogen-bond donors (Lipinski definition) is 1. The topological polar surface area (TPSA) is 87.0 Å². The molecule has 0 fully saturated rings. The highest BCUT2D eigenvalue weighted by Crippen LogP contribution is 2.38. The van der Waals surface area contributed by atoms with Crippen molar-refractivity contribution < 1.29 is 19.0 Å². The van der Waals surface area contributed by atoms with Gasteiger partial charge in [-0.1, -0.05) is 18.2 Å². The SMILES string of the molecule is COc1cc(C(=O)NC2=CC=CC=C(c3cn4cccnc4n3)C2)cc(OC)c1OC. The number of benzene rings is 1. The number of nitrogens with one attached hydrogen (secondary N) is 1. The van der Waals surface area contributed by atoms with E-state index in [0.29, 0.717) is 35.0 Å². The molecule has 3 aromatic rings. The summed E-state index contributed by atoms with van der Waals surface area (Å²) >= 11 is 0. The number of fused-ring (bicyclic) bond motifs is 1. The van der Waals surface area contributed by atoms with Crippen molar-refractivity contribution >= 4 is 17.3 Å².